The first-order valence-electron chi connectivity index (χ1n) is 7.61. The summed E-state index contributed by atoms with van der Waals surface area (Å²) in [5, 5.41) is 4.97. The summed E-state index contributed by atoms with van der Waals surface area (Å²) in [5.74, 6) is -0.180. The maximum Gasteiger partial charge on any atom is 0.232 e. The molecule has 2 heterocycles. The highest BCUT2D eigenvalue weighted by Gasteiger charge is 2.17. The van der Waals surface area contributed by atoms with Gasteiger partial charge >= 0.3 is 0 Å². The van der Waals surface area contributed by atoms with Crippen LogP contribution < -0.4 is 5.32 Å². The highest BCUT2D eigenvalue weighted by Crippen LogP contribution is 2.28. The molecule has 2 aromatic heterocycles. The number of pyridine rings is 1. The van der Waals surface area contributed by atoms with Crippen molar-refractivity contribution in [3.05, 3.63) is 69.1 Å². The summed E-state index contributed by atoms with van der Waals surface area (Å²) in [6.07, 6.45) is 1.81. The molecule has 0 saturated carbocycles. The molecule has 0 aliphatic rings. The number of anilines is 1. The van der Waals surface area contributed by atoms with Crippen molar-refractivity contribution < 1.29 is 4.79 Å². The van der Waals surface area contributed by atoms with Crippen LogP contribution in [-0.2, 0) is 4.79 Å². The number of nitrogens with zero attached hydrogens (tertiary/aromatic N) is 1. The van der Waals surface area contributed by atoms with Crippen LogP contribution in [0.15, 0.2) is 58.5 Å². The summed E-state index contributed by atoms with van der Waals surface area (Å²) in [4.78, 5) is 17.7. The average Bonchev–Trinajstić information content (AvgIpc) is 3.01. The van der Waals surface area contributed by atoms with Crippen molar-refractivity contribution in [2.24, 2.45) is 0 Å². The molecule has 0 aliphatic carbocycles. The minimum absolute atomic E-state index is 0.00291. The zero-order valence-corrected chi connectivity index (χ0v) is 15.8. The van der Waals surface area contributed by atoms with Crippen molar-refractivity contribution in [1.29, 1.82) is 0 Å². The standard InChI is InChI=1S/C19H17BrN2OS/c1-12-9-15(7-8-21-12)14-3-5-17(6-4-14)22-19(23)13(2)18-10-16(20)11-24-18/h3-11,13H,1-2H3,(H,22,23). The number of carbonyl (C=O) groups excluding carboxylic acids is 1. The fourth-order valence-electron chi connectivity index (χ4n) is 2.41. The second-order valence-electron chi connectivity index (χ2n) is 5.64. The van der Waals surface area contributed by atoms with E-state index in [0.717, 1.165) is 31.9 Å². The number of hydrogen-bond acceptors (Lipinski definition) is 3. The summed E-state index contributed by atoms with van der Waals surface area (Å²) in [7, 11) is 0. The molecule has 0 aliphatic heterocycles. The topological polar surface area (TPSA) is 42.0 Å². The van der Waals surface area contributed by atoms with Crippen LogP contribution in [0.25, 0.3) is 11.1 Å². The Hall–Kier alpha value is -1.98. The Bertz CT molecular complexity index is 858. The van der Waals surface area contributed by atoms with Crippen LogP contribution in [0, 0.1) is 6.92 Å². The number of rotatable bonds is 4. The van der Waals surface area contributed by atoms with Crippen molar-refractivity contribution in [2.75, 3.05) is 5.32 Å². The monoisotopic (exact) mass is 400 g/mol. The number of aromatic nitrogens is 1. The van der Waals surface area contributed by atoms with Crippen LogP contribution in [-0.4, -0.2) is 10.9 Å². The van der Waals surface area contributed by atoms with Crippen LogP contribution in [0.4, 0.5) is 5.69 Å². The van der Waals surface area contributed by atoms with Crippen LogP contribution in [0.5, 0.6) is 0 Å². The van der Waals surface area contributed by atoms with Gasteiger partial charge in [-0.2, -0.15) is 0 Å². The molecule has 3 rings (SSSR count). The summed E-state index contributed by atoms with van der Waals surface area (Å²) < 4.78 is 1.01. The number of aryl methyl sites for hydroxylation is 1. The zero-order valence-electron chi connectivity index (χ0n) is 13.4. The van der Waals surface area contributed by atoms with Crippen LogP contribution in [0.2, 0.25) is 0 Å². The third kappa shape index (κ3) is 3.91. The molecule has 3 nitrogen and oxygen atoms in total. The first-order chi connectivity index (χ1) is 11.5. The Morgan fingerprint density at radius 3 is 2.54 bits per heavy atom. The highest BCUT2D eigenvalue weighted by atomic mass is 79.9. The van der Waals surface area contributed by atoms with Gasteiger partial charge in [-0.3, -0.25) is 9.78 Å². The Balaban J connectivity index is 1.71. The Morgan fingerprint density at radius 2 is 1.92 bits per heavy atom. The molecule has 122 valence electrons. The van der Waals surface area contributed by atoms with Gasteiger partial charge in [0.25, 0.3) is 0 Å². The van der Waals surface area contributed by atoms with Gasteiger partial charge in [-0.15, -0.1) is 11.3 Å². The van der Waals surface area contributed by atoms with Gasteiger partial charge in [-0.25, -0.2) is 0 Å². The maximum absolute atomic E-state index is 12.4. The van der Waals surface area contributed by atoms with Crippen LogP contribution in [0.1, 0.15) is 23.4 Å². The fourth-order valence-corrected chi connectivity index (χ4v) is 3.91. The SMILES string of the molecule is Cc1cc(-c2ccc(NC(=O)C(C)c3cc(Br)cs3)cc2)ccn1. The number of amides is 1. The second kappa shape index (κ2) is 7.28. The van der Waals surface area contributed by atoms with E-state index in [4.69, 9.17) is 0 Å². The Labute approximate surface area is 153 Å². The van der Waals surface area contributed by atoms with E-state index in [0.29, 0.717) is 0 Å². The van der Waals surface area contributed by atoms with Crippen LogP contribution >= 0.6 is 27.3 Å². The fraction of sp³-hybridized carbons (Fsp3) is 0.158. The third-order valence-corrected chi connectivity index (χ3v) is 5.67. The first-order valence-corrected chi connectivity index (χ1v) is 9.28. The van der Waals surface area contributed by atoms with Gasteiger partial charge < -0.3 is 5.32 Å². The maximum atomic E-state index is 12.4. The van der Waals surface area contributed by atoms with Gasteiger partial charge in [0.15, 0.2) is 0 Å². The molecular weight excluding hydrogens is 384 g/mol. The van der Waals surface area contributed by atoms with E-state index in [1.165, 1.54) is 0 Å². The second-order valence-corrected chi connectivity index (χ2v) is 7.50. The Morgan fingerprint density at radius 1 is 1.17 bits per heavy atom. The van der Waals surface area contributed by atoms with Crippen molar-refractivity contribution in [1.82, 2.24) is 4.98 Å². The number of carbonyl (C=O) groups is 1. The van der Waals surface area contributed by atoms with E-state index >= 15 is 0 Å². The van der Waals surface area contributed by atoms with E-state index in [-0.39, 0.29) is 11.8 Å². The van der Waals surface area contributed by atoms with E-state index in [2.05, 4.69) is 26.2 Å². The predicted molar refractivity (Wildman–Crippen MR) is 103 cm³/mol. The highest BCUT2D eigenvalue weighted by molar-refractivity contribution is 9.10. The average molecular weight is 401 g/mol. The lowest BCUT2D eigenvalue weighted by atomic mass is 10.1. The third-order valence-electron chi connectivity index (χ3n) is 3.79. The minimum Gasteiger partial charge on any atom is -0.326 e. The molecule has 0 spiro atoms. The van der Waals surface area contributed by atoms with Gasteiger partial charge in [0, 0.05) is 32.3 Å². The smallest absolute Gasteiger partial charge is 0.232 e. The van der Waals surface area contributed by atoms with Crippen molar-refractivity contribution >= 4 is 38.9 Å². The molecule has 24 heavy (non-hydrogen) atoms. The molecule has 1 aromatic carbocycles. The lowest BCUT2D eigenvalue weighted by Crippen LogP contribution is -2.18. The van der Waals surface area contributed by atoms with Crippen molar-refractivity contribution in [2.45, 2.75) is 19.8 Å². The number of hydrogen-bond donors (Lipinski definition) is 1. The Kier molecular flexibility index (Phi) is 5.11. The summed E-state index contributed by atoms with van der Waals surface area (Å²) in [5.41, 5.74) is 4.02. The van der Waals surface area contributed by atoms with E-state index in [9.17, 15) is 4.79 Å². The van der Waals surface area contributed by atoms with Gasteiger partial charge in [0.2, 0.25) is 5.91 Å². The summed E-state index contributed by atoms with van der Waals surface area (Å²) >= 11 is 5.01. The molecule has 1 unspecified atom stereocenters. The van der Waals surface area contributed by atoms with E-state index in [1.54, 1.807) is 17.5 Å². The van der Waals surface area contributed by atoms with Crippen molar-refractivity contribution in [3.63, 3.8) is 0 Å². The van der Waals surface area contributed by atoms with Gasteiger partial charge in [0.05, 0.1) is 5.92 Å². The number of thiophene rings is 1. The van der Waals surface area contributed by atoms with Crippen LogP contribution in [0.3, 0.4) is 0 Å². The molecule has 1 N–H and O–H groups in total. The number of halogens is 1. The molecule has 1 amide bonds. The summed E-state index contributed by atoms with van der Waals surface area (Å²) in [6.45, 7) is 3.89. The molecule has 0 saturated heterocycles. The zero-order chi connectivity index (χ0) is 17.1. The van der Waals surface area contributed by atoms with Crippen molar-refractivity contribution in [3.8, 4) is 11.1 Å². The molecule has 5 heteroatoms. The predicted octanol–water partition coefficient (Wildman–Crippen LogP) is 5.62. The van der Waals surface area contributed by atoms with Gasteiger partial charge in [-0.05, 0) is 71.2 Å². The normalized spacial score (nSPS) is 12.0. The molecule has 1 atom stereocenters. The molecule has 0 fully saturated rings. The van der Waals surface area contributed by atoms with Gasteiger partial charge in [0.1, 0.15) is 0 Å². The minimum atomic E-state index is -0.177. The number of nitrogens with one attached hydrogen (secondary N) is 1. The first kappa shape index (κ1) is 16.9. The molecule has 0 bridgehead atoms. The molecule has 0 radical (unpaired) electrons. The van der Waals surface area contributed by atoms with Gasteiger partial charge in [-0.1, -0.05) is 12.1 Å². The largest absolute Gasteiger partial charge is 0.326 e. The molecule has 3 aromatic rings. The van der Waals surface area contributed by atoms with E-state index in [1.807, 2.05) is 61.7 Å². The lowest BCUT2D eigenvalue weighted by molar-refractivity contribution is -0.117. The van der Waals surface area contributed by atoms with E-state index < -0.39 is 0 Å². The summed E-state index contributed by atoms with van der Waals surface area (Å²) in [6, 6.07) is 13.9. The molecular formula is C19H17BrN2OS. The lowest BCUT2D eigenvalue weighted by Gasteiger charge is -2.11. The quantitative estimate of drug-likeness (QED) is 0.616. The number of benzene rings is 1.